The van der Waals surface area contributed by atoms with E-state index in [-0.39, 0.29) is 11.2 Å². The van der Waals surface area contributed by atoms with Crippen molar-refractivity contribution in [1.82, 2.24) is 9.97 Å². The number of H-pyrrole nitrogens is 1. The Balaban J connectivity index is 1.62. The van der Waals surface area contributed by atoms with Gasteiger partial charge in [-0.3, -0.25) is 4.79 Å². The number of rotatable bonds is 8. The van der Waals surface area contributed by atoms with Crippen LogP contribution in [0.4, 0.5) is 5.69 Å². The minimum Gasteiger partial charge on any atom is -0.495 e. The number of benzene rings is 3. The first-order valence-corrected chi connectivity index (χ1v) is 11.9. The van der Waals surface area contributed by atoms with Crippen LogP contribution in [-0.2, 0) is 4.79 Å². The standard InChI is InChI=1S/C26H24ClN3O2S/c1-3-22(25(31)28-20-16-19(27)14-15-21(20)32-2)33-26-29-23(17-10-6-4-7-11-17)24(30-26)18-12-8-5-9-13-18/h4-16,22H,3H2,1-2H3,(H,28,31)(H,29,30). The van der Waals surface area contributed by atoms with Crippen molar-refractivity contribution in [2.75, 3.05) is 12.4 Å². The number of aromatic amines is 1. The molecule has 0 aliphatic heterocycles. The first-order valence-electron chi connectivity index (χ1n) is 10.6. The summed E-state index contributed by atoms with van der Waals surface area (Å²) in [6, 6.07) is 25.2. The molecule has 0 fully saturated rings. The highest BCUT2D eigenvalue weighted by molar-refractivity contribution is 8.00. The summed E-state index contributed by atoms with van der Waals surface area (Å²) in [5.74, 6) is 0.422. The zero-order chi connectivity index (χ0) is 23.2. The number of carbonyl (C=O) groups excluding carboxylic acids is 1. The largest absolute Gasteiger partial charge is 0.495 e. The number of hydrogen-bond donors (Lipinski definition) is 2. The molecule has 168 valence electrons. The van der Waals surface area contributed by atoms with E-state index in [4.69, 9.17) is 21.3 Å². The van der Waals surface area contributed by atoms with Crippen molar-refractivity contribution in [3.05, 3.63) is 83.9 Å². The number of hydrogen-bond acceptors (Lipinski definition) is 4. The Hall–Kier alpha value is -3.22. The minimum atomic E-state index is -0.355. The molecule has 0 saturated heterocycles. The topological polar surface area (TPSA) is 67.0 Å². The summed E-state index contributed by atoms with van der Waals surface area (Å²) >= 11 is 7.52. The van der Waals surface area contributed by atoms with Gasteiger partial charge in [-0.25, -0.2) is 4.98 Å². The molecule has 0 radical (unpaired) electrons. The van der Waals surface area contributed by atoms with Gasteiger partial charge >= 0.3 is 0 Å². The van der Waals surface area contributed by atoms with Crippen molar-refractivity contribution < 1.29 is 9.53 Å². The lowest BCUT2D eigenvalue weighted by Crippen LogP contribution is -2.25. The molecule has 0 aliphatic carbocycles. The Morgan fingerprint density at radius 2 is 1.73 bits per heavy atom. The van der Waals surface area contributed by atoms with E-state index in [9.17, 15) is 4.79 Å². The van der Waals surface area contributed by atoms with Crippen molar-refractivity contribution in [1.29, 1.82) is 0 Å². The number of thioether (sulfide) groups is 1. The van der Waals surface area contributed by atoms with Crippen LogP contribution in [0.1, 0.15) is 13.3 Å². The van der Waals surface area contributed by atoms with Gasteiger partial charge in [0.15, 0.2) is 5.16 Å². The summed E-state index contributed by atoms with van der Waals surface area (Å²) in [6.45, 7) is 1.98. The van der Waals surface area contributed by atoms with E-state index in [1.54, 1.807) is 25.3 Å². The number of nitrogens with one attached hydrogen (secondary N) is 2. The average Bonchev–Trinajstić information content (AvgIpc) is 3.28. The Kier molecular flexibility index (Phi) is 7.37. The molecular formula is C26H24ClN3O2S. The predicted molar refractivity (Wildman–Crippen MR) is 136 cm³/mol. The van der Waals surface area contributed by atoms with Crippen LogP contribution in [0.2, 0.25) is 5.02 Å². The van der Waals surface area contributed by atoms with Gasteiger partial charge in [0, 0.05) is 16.1 Å². The van der Waals surface area contributed by atoms with Crippen LogP contribution in [0.25, 0.3) is 22.5 Å². The van der Waals surface area contributed by atoms with Gasteiger partial charge in [0.1, 0.15) is 5.75 Å². The monoisotopic (exact) mass is 477 g/mol. The van der Waals surface area contributed by atoms with E-state index in [0.717, 1.165) is 22.5 Å². The van der Waals surface area contributed by atoms with E-state index < -0.39 is 0 Å². The van der Waals surface area contributed by atoms with Crippen LogP contribution in [0.15, 0.2) is 84.0 Å². The van der Waals surface area contributed by atoms with Crippen LogP contribution >= 0.6 is 23.4 Å². The maximum absolute atomic E-state index is 13.1. The van der Waals surface area contributed by atoms with Crippen molar-refractivity contribution in [2.24, 2.45) is 0 Å². The van der Waals surface area contributed by atoms with Crippen LogP contribution in [0, 0.1) is 0 Å². The minimum absolute atomic E-state index is 0.137. The van der Waals surface area contributed by atoms with Crippen LogP contribution in [0.3, 0.4) is 0 Å². The fourth-order valence-corrected chi connectivity index (χ4v) is 4.55. The van der Waals surface area contributed by atoms with Crippen LogP contribution in [0.5, 0.6) is 5.75 Å². The summed E-state index contributed by atoms with van der Waals surface area (Å²) in [5, 5.41) is 3.81. The quantitative estimate of drug-likeness (QED) is 0.270. The third-order valence-corrected chi connectivity index (χ3v) is 6.61. The summed E-state index contributed by atoms with van der Waals surface area (Å²) in [7, 11) is 1.56. The van der Waals surface area contributed by atoms with E-state index in [1.165, 1.54) is 11.8 Å². The Labute approximate surface area is 202 Å². The second-order valence-corrected chi connectivity index (χ2v) is 8.97. The number of anilines is 1. The summed E-state index contributed by atoms with van der Waals surface area (Å²) in [5.41, 5.74) is 4.38. The van der Waals surface area contributed by atoms with E-state index in [2.05, 4.69) is 10.3 Å². The molecule has 0 saturated carbocycles. The van der Waals surface area contributed by atoms with Gasteiger partial charge in [-0.1, -0.05) is 91.0 Å². The lowest BCUT2D eigenvalue weighted by atomic mass is 10.1. The Morgan fingerprint density at radius 3 is 2.36 bits per heavy atom. The smallest absolute Gasteiger partial charge is 0.238 e. The Morgan fingerprint density at radius 1 is 1.06 bits per heavy atom. The SMILES string of the molecule is CCC(Sc1nc(-c2ccccc2)c(-c2ccccc2)[nH]1)C(=O)Nc1cc(Cl)ccc1OC. The molecule has 3 aromatic carbocycles. The van der Waals surface area contributed by atoms with Gasteiger partial charge in [0.05, 0.1) is 29.4 Å². The number of nitrogens with zero attached hydrogens (tertiary/aromatic N) is 1. The highest BCUT2D eigenvalue weighted by Crippen LogP contribution is 2.35. The van der Waals surface area contributed by atoms with Gasteiger partial charge in [-0.05, 0) is 24.6 Å². The summed E-state index contributed by atoms with van der Waals surface area (Å²) in [4.78, 5) is 21.4. The first kappa shape index (κ1) is 23.0. The Bertz CT molecular complexity index is 1170. The molecule has 1 heterocycles. The zero-order valence-electron chi connectivity index (χ0n) is 18.3. The number of aromatic nitrogens is 2. The predicted octanol–water partition coefficient (Wildman–Crippen LogP) is 6.92. The van der Waals surface area contributed by atoms with Gasteiger partial charge in [0.2, 0.25) is 5.91 Å². The lowest BCUT2D eigenvalue weighted by molar-refractivity contribution is -0.115. The molecule has 1 unspecified atom stereocenters. The third kappa shape index (κ3) is 5.41. The molecule has 0 spiro atoms. The second-order valence-electron chi connectivity index (χ2n) is 7.35. The van der Waals surface area contributed by atoms with E-state index >= 15 is 0 Å². The maximum Gasteiger partial charge on any atom is 0.238 e. The first-order chi connectivity index (χ1) is 16.1. The number of methoxy groups -OCH3 is 1. The molecular weight excluding hydrogens is 454 g/mol. The van der Waals surface area contributed by atoms with Gasteiger partial charge < -0.3 is 15.0 Å². The van der Waals surface area contributed by atoms with Crippen LogP contribution < -0.4 is 10.1 Å². The van der Waals surface area contributed by atoms with Gasteiger partial charge in [-0.2, -0.15) is 0 Å². The normalized spacial score (nSPS) is 11.7. The molecule has 5 nitrogen and oxygen atoms in total. The third-order valence-electron chi connectivity index (χ3n) is 5.13. The lowest BCUT2D eigenvalue weighted by Gasteiger charge is -2.15. The molecule has 1 amide bonds. The highest BCUT2D eigenvalue weighted by atomic mass is 35.5. The average molecular weight is 478 g/mol. The molecule has 4 rings (SSSR count). The fraction of sp³-hybridized carbons (Fsp3) is 0.154. The maximum atomic E-state index is 13.1. The van der Waals surface area contributed by atoms with Gasteiger partial charge in [0.25, 0.3) is 0 Å². The molecule has 0 bridgehead atoms. The fourth-order valence-electron chi connectivity index (χ4n) is 3.47. The highest BCUT2D eigenvalue weighted by Gasteiger charge is 2.23. The second kappa shape index (κ2) is 10.6. The van der Waals surface area contributed by atoms with Crippen LogP contribution in [-0.4, -0.2) is 28.2 Å². The molecule has 1 aromatic heterocycles. The van der Waals surface area contributed by atoms with Gasteiger partial charge in [-0.15, -0.1) is 0 Å². The molecule has 1 atom stereocenters. The van der Waals surface area contributed by atoms with Crippen molar-refractivity contribution in [3.8, 4) is 28.3 Å². The number of ether oxygens (including phenoxy) is 1. The zero-order valence-corrected chi connectivity index (χ0v) is 19.9. The number of carbonyl (C=O) groups is 1. The summed E-state index contributed by atoms with van der Waals surface area (Å²) < 4.78 is 5.35. The number of halogens is 1. The molecule has 4 aromatic rings. The number of amides is 1. The molecule has 7 heteroatoms. The van der Waals surface area contributed by atoms with Crippen molar-refractivity contribution in [3.63, 3.8) is 0 Å². The summed E-state index contributed by atoms with van der Waals surface area (Å²) in [6.07, 6.45) is 0.626. The van der Waals surface area contributed by atoms with Crippen molar-refractivity contribution >= 4 is 35.0 Å². The van der Waals surface area contributed by atoms with E-state index in [1.807, 2.05) is 67.6 Å². The molecule has 0 aliphatic rings. The number of imidazole rings is 1. The van der Waals surface area contributed by atoms with E-state index in [0.29, 0.717) is 28.0 Å². The molecule has 2 N–H and O–H groups in total. The molecule has 33 heavy (non-hydrogen) atoms. The van der Waals surface area contributed by atoms with Crippen molar-refractivity contribution in [2.45, 2.75) is 23.8 Å².